The van der Waals surface area contributed by atoms with E-state index in [2.05, 4.69) is 10.4 Å². The summed E-state index contributed by atoms with van der Waals surface area (Å²) in [6, 6.07) is 13.6. The van der Waals surface area contributed by atoms with Gasteiger partial charge in [0.15, 0.2) is 6.10 Å². The van der Waals surface area contributed by atoms with Gasteiger partial charge in [-0.1, -0.05) is 23.7 Å². The monoisotopic (exact) mass is 343 g/mol. The molecule has 1 aromatic heterocycles. The van der Waals surface area contributed by atoms with Crippen molar-refractivity contribution in [2.75, 3.05) is 5.43 Å². The third-order valence-corrected chi connectivity index (χ3v) is 3.64. The first-order valence-corrected chi connectivity index (χ1v) is 7.62. The number of nitrogens with zero attached hydrogens (tertiary/aromatic N) is 2. The molecule has 24 heavy (non-hydrogen) atoms. The summed E-state index contributed by atoms with van der Waals surface area (Å²) in [6.07, 6.45) is 0.474. The van der Waals surface area contributed by atoms with Gasteiger partial charge in [-0.15, -0.1) is 0 Å². The van der Waals surface area contributed by atoms with Crippen LogP contribution in [-0.2, 0) is 4.79 Å². The predicted octanol–water partition coefficient (Wildman–Crippen LogP) is 2.59. The number of rotatable bonds is 4. The summed E-state index contributed by atoms with van der Waals surface area (Å²) >= 11 is 5.80. The van der Waals surface area contributed by atoms with Crippen LogP contribution in [0.5, 0.6) is 5.75 Å². The topological polar surface area (TPSA) is 73.2 Å². The van der Waals surface area contributed by atoms with Gasteiger partial charge in [-0.3, -0.25) is 15.0 Å². The van der Waals surface area contributed by atoms with Crippen LogP contribution in [-0.4, -0.2) is 21.7 Å². The standard InChI is InChI=1S/C17H14ClN3O3/c1-11(24-13-8-6-12(18)7-9-13)16(22)20-21-10-19-15-5-3-2-4-14(15)17(21)23/h2-11H,1H3,(H,20,22). The molecule has 1 atom stereocenters. The number of ether oxygens (including phenoxy) is 1. The summed E-state index contributed by atoms with van der Waals surface area (Å²) < 4.78 is 6.57. The van der Waals surface area contributed by atoms with Crippen molar-refractivity contribution in [3.63, 3.8) is 0 Å². The summed E-state index contributed by atoms with van der Waals surface area (Å²) in [5.41, 5.74) is 2.70. The SMILES string of the molecule is CC(Oc1ccc(Cl)cc1)C(=O)Nn1cnc2ccccc2c1=O. The molecule has 0 bridgehead atoms. The van der Waals surface area contributed by atoms with Crippen molar-refractivity contribution >= 4 is 28.4 Å². The Labute approximate surface area is 142 Å². The molecular formula is C17H14ClN3O3. The molecule has 6 nitrogen and oxygen atoms in total. The maximum absolute atomic E-state index is 12.3. The number of halogens is 1. The highest BCUT2D eigenvalue weighted by molar-refractivity contribution is 6.30. The highest BCUT2D eigenvalue weighted by Crippen LogP contribution is 2.16. The van der Waals surface area contributed by atoms with Crippen LogP contribution in [0.3, 0.4) is 0 Å². The van der Waals surface area contributed by atoms with Crippen LogP contribution in [0.1, 0.15) is 6.92 Å². The zero-order valence-electron chi connectivity index (χ0n) is 12.8. The van der Waals surface area contributed by atoms with Crippen molar-refractivity contribution in [2.24, 2.45) is 0 Å². The van der Waals surface area contributed by atoms with E-state index >= 15 is 0 Å². The minimum atomic E-state index is -0.801. The molecule has 0 spiro atoms. The highest BCUT2D eigenvalue weighted by Gasteiger charge is 2.16. The maximum Gasteiger partial charge on any atom is 0.280 e. The first-order chi connectivity index (χ1) is 11.5. The van der Waals surface area contributed by atoms with Gasteiger partial charge in [0.05, 0.1) is 10.9 Å². The second-order valence-electron chi connectivity index (χ2n) is 5.13. The van der Waals surface area contributed by atoms with Crippen LogP contribution in [0, 0.1) is 0 Å². The van der Waals surface area contributed by atoms with Crippen LogP contribution in [0.2, 0.25) is 5.02 Å². The lowest BCUT2D eigenvalue weighted by atomic mass is 10.2. The molecule has 1 heterocycles. The Kier molecular flexibility index (Phi) is 4.48. The van der Waals surface area contributed by atoms with E-state index in [4.69, 9.17) is 16.3 Å². The lowest BCUT2D eigenvalue weighted by molar-refractivity contribution is -0.123. The van der Waals surface area contributed by atoms with E-state index in [1.54, 1.807) is 55.5 Å². The van der Waals surface area contributed by atoms with Crippen LogP contribution in [0.4, 0.5) is 0 Å². The van der Waals surface area contributed by atoms with Gasteiger partial charge in [0.1, 0.15) is 12.1 Å². The fourth-order valence-corrected chi connectivity index (χ4v) is 2.26. The fraction of sp³-hybridized carbons (Fsp3) is 0.118. The number of hydrogen-bond donors (Lipinski definition) is 1. The van der Waals surface area contributed by atoms with Crippen molar-refractivity contribution in [1.82, 2.24) is 9.66 Å². The van der Waals surface area contributed by atoms with E-state index in [-0.39, 0.29) is 5.56 Å². The van der Waals surface area contributed by atoms with E-state index in [1.807, 2.05) is 0 Å². The number of amides is 1. The van der Waals surface area contributed by atoms with Gasteiger partial charge < -0.3 is 4.74 Å². The highest BCUT2D eigenvalue weighted by atomic mass is 35.5. The third-order valence-electron chi connectivity index (χ3n) is 3.39. The van der Waals surface area contributed by atoms with Crippen LogP contribution < -0.4 is 15.7 Å². The van der Waals surface area contributed by atoms with Crippen molar-refractivity contribution in [3.05, 3.63) is 70.2 Å². The largest absolute Gasteiger partial charge is 0.481 e. The number of carbonyl (C=O) groups excluding carboxylic acids is 1. The fourth-order valence-electron chi connectivity index (χ4n) is 2.13. The maximum atomic E-state index is 12.3. The molecule has 0 fully saturated rings. The quantitative estimate of drug-likeness (QED) is 0.790. The van der Waals surface area contributed by atoms with E-state index in [1.165, 1.54) is 6.33 Å². The molecule has 3 rings (SSSR count). The second-order valence-corrected chi connectivity index (χ2v) is 5.56. The van der Waals surface area contributed by atoms with Crippen molar-refractivity contribution in [1.29, 1.82) is 0 Å². The molecule has 0 saturated carbocycles. The van der Waals surface area contributed by atoms with Crippen LogP contribution >= 0.6 is 11.6 Å². The number of hydrogen-bond acceptors (Lipinski definition) is 4. The molecule has 7 heteroatoms. The molecule has 0 aliphatic rings. The van der Waals surface area contributed by atoms with Crippen molar-refractivity contribution in [3.8, 4) is 5.75 Å². The van der Waals surface area contributed by atoms with Gasteiger partial charge in [-0.25, -0.2) is 9.66 Å². The minimum Gasteiger partial charge on any atom is -0.481 e. The summed E-state index contributed by atoms with van der Waals surface area (Å²) in [7, 11) is 0. The second kappa shape index (κ2) is 6.72. The van der Waals surface area contributed by atoms with Crippen LogP contribution in [0.15, 0.2) is 59.7 Å². The Morgan fingerprint density at radius 2 is 1.92 bits per heavy atom. The Balaban J connectivity index is 1.75. The molecular weight excluding hydrogens is 330 g/mol. The molecule has 1 N–H and O–H groups in total. The molecule has 2 aromatic carbocycles. The molecule has 0 aliphatic heterocycles. The van der Waals surface area contributed by atoms with Gasteiger partial charge in [0, 0.05) is 5.02 Å². The molecule has 122 valence electrons. The van der Waals surface area contributed by atoms with E-state index in [0.717, 1.165) is 4.68 Å². The Morgan fingerprint density at radius 3 is 2.67 bits per heavy atom. The normalized spacial score (nSPS) is 11.9. The summed E-state index contributed by atoms with van der Waals surface area (Å²) in [5.74, 6) is 0.0372. The van der Waals surface area contributed by atoms with E-state index in [0.29, 0.717) is 21.7 Å². The molecule has 0 radical (unpaired) electrons. The van der Waals surface area contributed by atoms with E-state index in [9.17, 15) is 9.59 Å². The third kappa shape index (κ3) is 3.38. The summed E-state index contributed by atoms with van der Waals surface area (Å²) in [5, 5.41) is 1.000. The van der Waals surface area contributed by atoms with E-state index < -0.39 is 12.0 Å². The zero-order chi connectivity index (χ0) is 17.1. The Hall–Kier alpha value is -2.86. The van der Waals surface area contributed by atoms with Gasteiger partial charge in [0.25, 0.3) is 11.5 Å². The first kappa shape index (κ1) is 16.0. The smallest absolute Gasteiger partial charge is 0.280 e. The summed E-state index contributed by atoms with van der Waals surface area (Å²) in [4.78, 5) is 28.7. The minimum absolute atomic E-state index is 0.354. The number of fused-ring (bicyclic) bond motifs is 1. The number of carbonyl (C=O) groups is 1. The lowest BCUT2D eigenvalue weighted by Gasteiger charge is -2.15. The average Bonchev–Trinajstić information content (AvgIpc) is 2.59. The molecule has 0 saturated heterocycles. The molecule has 3 aromatic rings. The molecule has 0 aliphatic carbocycles. The zero-order valence-corrected chi connectivity index (χ0v) is 13.5. The lowest BCUT2D eigenvalue weighted by Crippen LogP contribution is -2.39. The number of benzene rings is 2. The predicted molar refractivity (Wildman–Crippen MR) is 91.9 cm³/mol. The van der Waals surface area contributed by atoms with Crippen molar-refractivity contribution < 1.29 is 9.53 Å². The van der Waals surface area contributed by atoms with Gasteiger partial charge in [-0.2, -0.15) is 0 Å². The van der Waals surface area contributed by atoms with Gasteiger partial charge in [-0.05, 0) is 43.3 Å². The average molecular weight is 344 g/mol. The Morgan fingerprint density at radius 1 is 1.21 bits per heavy atom. The van der Waals surface area contributed by atoms with Gasteiger partial charge in [0.2, 0.25) is 0 Å². The number of aromatic nitrogens is 2. The molecule has 1 amide bonds. The van der Waals surface area contributed by atoms with Crippen molar-refractivity contribution in [2.45, 2.75) is 13.0 Å². The number of para-hydroxylation sites is 1. The molecule has 1 unspecified atom stereocenters. The van der Waals surface area contributed by atoms with Crippen LogP contribution in [0.25, 0.3) is 10.9 Å². The van der Waals surface area contributed by atoms with Gasteiger partial charge >= 0.3 is 0 Å². The Bertz CT molecular complexity index is 938. The first-order valence-electron chi connectivity index (χ1n) is 7.24. The number of nitrogens with one attached hydrogen (secondary N) is 1. The summed E-state index contributed by atoms with van der Waals surface area (Å²) in [6.45, 7) is 1.59.